The Morgan fingerprint density at radius 1 is 1.14 bits per heavy atom. The van der Waals surface area contributed by atoms with Crippen molar-refractivity contribution in [1.29, 1.82) is 5.26 Å². The molecule has 1 rings (SSSR count). The van der Waals surface area contributed by atoms with Gasteiger partial charge in [-0.3, -0.25) is 0 Å². The van der Waals surface area contributed by atoms with Gasteiger partial charge in [-0.15, -0.1) is 0 Å². The Balaban J connectivity index is 2.81. The molecule has 0 atom stereocenters. The van der Waals surface area contributed by atoms with Crippen LogP contribution in [0, 0.1) is 32.1 Å². The number of benzene rings is 1. The van der Waals surface area contributed by atoms with Crippen LogP contribution in [0.2, 0.25) is 0 Å². The molecule has 0 saturated carbocycles. The summed E-state index contributed by atoms with van der Waals surface area (Å²) in [5.41, 5.74) is 5.47. The quantitative estimate of drug-likeness (QED) is 0.665. The molecule has 0 saturated heterocycles. The monoisotopic (exact) mass is 187 g/mol. The average molecular weight is 187 g/mol. The lowest BCUT2D eigenvalue weighted by molar-refractivity contribution is 0.838. The summed E-state index contributed by atoms with van der Waals surface area (Å²) >= 11 is 0. The highest BCUT2D eigenvalue weighted by molar-refractivity contribution is 5.37. The van der Waals surface area contributed by atoms with Crippen LogP contribution in [0.1, 0.15) is 35.1 Å². The maximum Gasteiger partial charge on any atom is 0.0621 e. The number of rotatable bonds is 3. The fourth-order valence-electron chi connectivity index (χ4n) is 1.95. The van der Waals surface area contributed by atoms with E-state index in [0.29, 0.717) is 6.42 Å². The van der Waals surface area contributed by atoms with Gasteiger partial charge in [-0.25, -0.2) is 0 Å². The third-order valence-corrected chi connectivity index (χ3v) is 2.56. The molecule has 0 bridgehead atoms. The molecule has 0 unspecified atom stereocenters. The summed E-state index contributed by atoms with van der Waals surface area (Å²) in [6.07, 6.45) is 2.67. The van der Waals surface area contributed by atoms with E-state index >= 15 is 0 Å². The van der Waals surface area contributed by atoms with Gasteiger partial charge < -0.3 is 0 Å². The van der Waals surface area contributed by atoms with Crippen LogP contribution in [0.15, 0.2) is 12.1 Å². The van der Waals surface area contributed by atoms with Gasteiger partial charge in [0.05, 0.1) is 6.07 Å². The lowest BCUT2D eigenvalue weighted by Gasteiger charge is -2.10. The molecule has 0 spiro atoms. The molecule has 0 heterocycles. The van der Waals surface area contributed by atoms with Gasteiger partial charge >= 0.3 is 0 Å². The fourth-order valence-corrected chi connectivity index (χ4v) is 1.95. The molecule has 0 aliphatic heterocycles. The first-order valence-electron chi connectivity index (χ1n) is 5.09. The number of hydrogen-bond donors (Lipinski definition) is 0. The second-order valence-corrected chi connectivity index (χ2v) is 3.89. The van der Waals surface area contributed by atoms with Crippen molar-refractivity contribution < 1.29 is 0 Å². The van der Waals surface area contributed by atoms with Gasteiger partial charge in [0, 0.05) is 6.42 Å². The summed E-state index contributed by atoms with van der Waals surface area (Å²) in [6, 6.07) is 6.62. The molecule has 0 aromatic heterocycles. The second-order valence-electron chi connectivity index (χ2n) is 3.89. The van der Waals surface area contributed by atoms with Crippen LogP contribution in [0.4, 0.5) is 0 Å². The highest BCUT2D eigenvalue weighted by Crippen LogP contribution is 2.18. The van der Waals surface area contributed by atoms with Crippen molar-refractivity contribution in [1.82, 2.24) is 0 Å². The zero-order valence-corrected chi connectivity index (χ0v) is 9.22. The molecule has 1 aromatic rings. The minimum atomic E-state index is 0.659. The van der Waals surface area contributed by atoms with Crippen molar-refractivity contribution in [3.05, 3.63) is 34.4 Å². The zero-order valence-electron chi connectivity index (χ0n) is 9.22. The molecule has 0 fully saturated rings. The van der Waals surface area contributed by atoms with E-state index < -0.39 is 0 Å². The first kappa shape index (κ1) is 10.8. The predicted molar refractivity (Wildman–Crippen MR) is 59.2 cm³/mol. The lowest BCUT2D eigenvalue weighted by atomic mass is 9.96. The Bertz CT molecular complexity index is 335. The van der Waals surface area contributed by atoms with Crippen molar-refractivity contribution in [2.45, 2.75) is 40.0 Å². The standard InChI is InChI=1S/C13H17N/c1-10-8-11(2)13(12(3)9-10)6-4-5-7-14/h8-9H,4-6H2,1-3H3. The van der Waals surface area contributed by atoms with E-state index in [1.807, 2.05) is 0 Å². The van der Waals surface area contributed by atoms with Gasteiger partial charge in [0.15, 0.2) is 0 Å². The molecule has 0 radical (unpaired) electrons. The van der Waals surface area contributed by atoms with E-state index in [2.05, 4.69) is 39.0 Å². The van der Waals surface area contributed by atoms with E-state index in [1.165, 1.54) is 22.3 Å². The Labute approximate surface area is 86.4 Å². The van der Waals surface area contributed by atoms with Crippen LogP contribution < -0.4 is 0 Å². The third-order valence-electron chi connectivity index (χ3n) is 2.56. The maximum absolute atomic E-state index is 8.48. The first-order valence-corrected chi connectivity index (χ1v) is 5.09. The summed E-state index contributed by atoms with van der Waals surface area (Å²) in [5.74, 6) is 0. The highest BCUT2D eigenvalue weighted by atomic mass is 14.2. The second kappa shape index (κ2) is 4.81. The van der Waals surface area contributed by atoms with Crippen molar-refractivity contribution in [2.75, 3.05) is 0 Å². The number of unbranched alkanes of at least 4 members (excludes halogenated alkanes) is 1. The molecule has 0 aliphatic rings. The minimum absolute atomic E-state index is 0.659. The summed E-state index contributed by atoms with van der Waals surface area (Å²) < 4.78 is 0. The van der Waals surface area contributed by atoms with E-state index in [1.54, 1.807) is 0 Å². The molecule has 74 valence electrons. The molecule has 14 heavy (non-hydrogen) atoms. The van der Waals surface area contributed by atoms with Gasteiger partial charge in [0.2, 0.25) is 0 Å². The maximum atomic E-state index is 8.48. The van der Waals surface area contributed by atoms with Crippen LogP contribution in [0.5, 0.6) is 0 Å². The minimum Gasteiger partial charge on any atom is -0.198 e. The van der Waals surface area contributed by atoms with Crippen LogP contribution in [0.3, 0.4) is 0 Å². The van der Waals surface area contributed by atoms with E-state index in [4.69, 9.17) is 5.26 Å². The number of aryl methyl sites for hydroxylation is 3. The number of nitriles is 1. The average Bonchev–Trinajstić information content (AvgIpc) is 2.09. The van der Waals surface area contributed by atoms with E-state index in [0.717, 1.165) is 12.8 Å². The van der Waals surface area contributed by atoms with Gasteiger partial charge in [-0.1, -0.05) is 17.7 Å². The Kier molecular flexibility index (Phi) is 3.71. The Morgan fingerprint density at radius 2 is 1.71 bits per heavy atom. The molecule has 1 aromatic carbocycles. The van der Waals surface area contributed by atoms with Crippen molar-refractivity contribution in [2.24, 2.45) is 0 Å². The Hall–Kier alpha value is -1.29. The number of nitrogens with zero attached hydrogens (tertiary/aromatic N) is 1. The highest BCUT2D eigenvalue weighted by Gasteiger charge is 2.02. The van der Waals surface area contributed by atoms with Gasteiger partial charge in [-0.2, -0.15) is 5.26 Å². The summed E-state index contributed by atoms with van der Waals surface area (Å²) in [6.45, 7) is 6.43. The van der Waals surface area contributed by atoms with Gasteiger partial charge in [0.1, 0.15) is 0 Å². The van der Waals surface area contributed by atoms with Crippen LogP contribution in [-0.2, 0) is 6.42 Å². The topological polar surface area (TPSA) is 23.8 Å². The summed E-state index contributed by atoms with van der Waals surface area (Å²) in [5, 5.41) is 8.48. The SMILES string of the molecule is Cc1cc(C)c(CCCC#N)c(C)c1. The van der Waals surface area contributed by atoms with Crippen molar-refractivity contribution in [3.8, 4) is 6.07 Å². The molecule has 0 N–H and O–H groups in total. The third kappa shape index (κ3) is 2.60. The fraction of sp³-hybridized carbons (Fsp3) is 0.462. The lowest BCUT2D eigenvalue weighted by Crippen LogP contribution is -1.95. The first-order chi connectivity index (χ1) is 6.65. The molecular formula is C13H17N. The summed E-state index contributed by atoms with van der Waals surface area (Å²) in [7, 11) is 0. The Morgan fingerprint density at radius 3 is 2.21 bits per heavy atom. The van der Waals surface area contributed by atoms with E-state index in [-0.39, 0.29) is 0 Å². The molecule has 1 nitrogen and oxygen atoms in total. The number of hydrogen-bond acceptors (Lipinski definition) is 1. The largest absolute Gasteiger partial charge is 0.198 e. The van der Waals surface area contributed by atoms with Crippen molar-refractivity contribution in [3.63, 3.8) is 0 Å². The normalized spacial score (nSPS) is 9.86. The predicted octanol–water partition coefficient (Wildman–Crippen LogP) is 3.46. The summed E-state index contributed by atoms with van der Waals surface area (Å²) in [4.78, 5) is 0. The molecule has 0 amide bonds. The van der Waals surface area contributed by atoms with Crippen LogP contribution in [0.25, 0.3) is 0 Å². The van der Waals surface area contributed by atoms with Gasteiger partial charge in [0.25, 0.3) is 0 Å². The van der Waals surface area contributed by atoms with Crippen LogP contribution >= 0.6 is 0 Å². The van der Waals surface area contributed by atoms with Crippen LogP contribution in [-0.4, -0.2) is 0 Å². The molecular weight excluding hydrogens is 170 g/mol. The smallest absolute Gasteiger partial charge is 0.0621 e. The zero-order chi connectivity index (χ0) is 10.6. The van der Waals surface area contributed by atoms with E-state index in [9.17, 15) is 0 Å². The molecule has 1 heteroatoms. The van der Waals surface area contributed by atoms with Gasteiger partial charge in [-0.05, 0) is 50.3 Å². The van der Waals surface area contributed by atoms with Crippen molar-refractivity contribution >= 4 is 0 Å². The molecule has 0 aliphatic carbocycles.